The quantitative estimate of drug-likeness (QED) is 0.870. The van der Waals surface area contributed by atoms with Crippen LogP contribution in [0.4, 0.5) is 4.39 Å². The molecule has 0 aliphatic carbocycles. The summed E-state index contributed by atoms with van der Waals surface area (Å²) in [7, 11) is 0. The smallest absolute Gasteiger partial charge is 0.126 e. The number of benzene rings is 2. The average Bonchev–Trinajstić information content (AvgIpc) is 2.42. The SMILES string of the molecule is NC(COc1ccc(Cl)cc1)Cc1cc(Br)ccc1F. The van der Waals surface area contributed by atoms with E-state index in [9.17, 15) is 4.39 Å². The zero-order valence-corrected chi connectivity index (χ0v) is 13.0. The summed E-state index contributed by atoms with van der Waals surface area (Å²) in [5.74, 6) is 0.440. The van der Waals surface area contributed by atoms with E-state index in [2.05, 4.69) is 15.9 Å². The molecule has 106 valence electrons. The number of nitrogens with two attached hydrogens (primary N) is 1. The van der Waals surface area contributed by atoms with E-state index in [1.54, 1.807) is 36.4 Å². The molecule has 1 unspecified atom stereocenters. The van der Waals surface area contributed by atoms with Crippen LogP contribution in [0.15, 0.2) is 46.9 Å². The molecule has 2 aromatic rings. The van der Waals surface area contributed by atoms with Gasteiger partial charge >= 0.3 is 0 Å². The molecule has 0 aliphatic rings. The van der Waals surface area contributed by atoms with Crippen LogP contribution < -0.4 is 10.5 Å². The molecule has 2 nitrogen and oxygen atoms in total. The van der Waals surface area contributed by atoms with Crippen molar-refractivity contribution < 1.29 is 9.13 Å². The number of rotatable bonds is 5. The summed E-state index contributed by atoms with van der Waals surface area (Å²) in [4.78, 5) is 0. The molecule has 0 amide bonds. The monoisotopic (exact) mass is 357 g/mol. The van der Waals surface area contributed by atoms with Gasteiger partial charge in [-0.2, -0.15) is 0 Å². The van der Waals surface area contributed by atoms with E-state index >= 15 is 0 Å². The van der Waals surface area contributed by atoms with Gasteiger partial charge < -0.3 is 10.5 Å². The molecule has 1 atom stereocenters. The Bertz CT molecular complexity index is 577. The van der Waals surface area contributed by atoms with Gasteiger partial charge in [0, 0.05) is 15.5 Å². The van der Waals surface area contributed by atoms with E-state index in [0.29, 0.717) is 29.4 Å². The molecular weight excluding hydrogens is 345 g/mol. The maximum absolute atomic E-state index is 13.6. The highest BCUT2D eigenvalue weighted by Gasteiger charge is 2.10. The van der Waals surface area contributed by atoms with Gasteiger partial charge in [-0.1, -0.05) is 27.5 Å². The van der Waals surface area contributed by atoms with Gasteiger partial charge in [-0.05, 0) is 54.4 Å². The average molecular weight is 359 g/mol. The summed E-state index contributed by atoms with van der Waals surface area (Å²) in [6.45, 7) is 0.313. The van der Waals surface area contributed by atoms with E-state index in [1.165, 1.54) is 6.07 Å². The van der Waals surface area contributed by atoms with Crippen LogP contribution in [0.3, 0.4) is 0 Å². The van der Waals surface area contributed by atoms with E-state index < -0.39 is 0 Å². The first-order valence-corrected chi connectivity index (χ1v) is 7.29. The van der Waals surface area contributed by atoms with Crippen LogP contribution in [-0.4, -0.2) is 12.6 Å². The van der Waals surface area contributed by atoms with Crippen molar-refractivity contribution in [3.63, 3.8) is 0 Å². The van der Waals surface area contributed by atoms with Crippen molar-refractivity contribution in [2.75, 3.05) is 6.61 Å². The molecule has 2 rings (SSSR count). The zero-order chi connectivity index (χ0) is 14.5. The third kappa shape index (κ3) is 4.47. The first kappa shape index (κ1) is 15.3. The summed E-state index contributed by atoms with van der Waals surface area (Å²) in [6, 6.07) is 11.6. The van der Waals surface area contributed by atoms with E-state index in [4.69, 9.17) is 22.1 Å². The van der Waals surface area contributed by atoms with Crippen molar-refractivity contribution in [2.45, 2.75) is 12.5 Å². The van der Waals surface area contributed by atoms with Crippen molar-refractivity contribution in [2.24, 2.45) is 5.73 Å². The van der Waals surface area contributed by atoms with Gasteiger partial charge in [0.2, 0.25) is 0 Å². The Morgan fingerprint density at radius 2 is 1.90 bits per heavy atom. The van der Waals surface area contributed by atoms with E-state index in [-0.39, 0.29) is 11.9 Å². The third-order valence-electron chi connectivity index (χ3n) is 2.77. The molecule has 2 aromatic carbocycles. The Kier molecular flexibility index (Phi) is 5.40. The van der Waals surface area contributed by atoms with Crippen molar-refractivity contribution in [1.29, 1.82) is 0 Å². The minimum atomic E-state index is -0.283. The Labute approximate surface area is 130 Å². The lowest BCUT2D eigenvalue weighted by atomic mass is 10.1. The number of hydrogen-bond donors (Lipinski definition) is 1. The van der Waals surface area contributed by atoms with Gasteiger partial charge in [-0.3, -0.25) is 0 Å². The molecule has 0 aromatic heterocycles. The van der Waals surface area contributed by atoms with E-state index in [0.717, 1.165) is 4.47 Å². The second kappa shape index (κ2) is 7.07. The van der Waals surface area contributed by atoms with Crippen LogP contribution in [0.2, 0.25) is 5.02 Å². The Balaban J connectivity index is 1.90. The minimum Gasteiger partial charge on any atom is -0.492 e. The predicted octanol–water partition coefficient (Wildman–Crippen LogP) is 4.19. The predicted molar refractivity (Wildman–Crippen MR) is 82.7 cm³/mol. The number of hydrogen-bond acceptors (Lipinski definition) is 2. The van der Waals surface area contributed by atoms with Crippen LogP contribution >= 0.6 is 27.5 Å². The summed E-state index contributed by atoms with van der Waals surface area (Å²) in [6.07, 6.45) is 0.416. The van der Waals surface area contributed by atoms with Crippen LogP contribution in [0.25, 0.3) is 0 Å². The maximum Gasteiger partial charge on any atom is 0.126 e. The third-order valence-corrected chi connectivity index (χ3v) is 3.51. The molecule has 0 saturated carbocycles. The molecule has 0 radical (unpaired) electrons. The fourth-order valence-electron chi connectivity index (χ4n) is 1.78. The molecule has 2 N–H and O–H groups in total. The largest absolute Gasteiger partial charge is 0.492 e. The molecule has 0 bridgehead atoms. The van der Waals surface area contributed by atoms with Crippen molar-refractivity contribution in [3.8, 4) is 5.75 Å². The van der Waals surface area contributed by atoms with Crippen molar-refractivity contribution in [1.82, 2.24) is 0 Å². The summed E-state index contributed by atoms with van der Waals surface area (Å²) in [5, 5.41) is 0.651. The summed E-state index contributed by atoms with van der Waals surface area (Å²) < 4.78 is 20.0. The lowest BCUT2D eigenvalue weighted by Gasteiger charge is -2.14. The van der Waals surface area contributed by atoms with Crippen LogP contribution in [0.5, 0.6) is 5.75 Å². The van der Waals surface area contributed by atoms with Gasteiger partial charge in [-0.25, -0.2) is 4.39 Å². The Hall–Kier alpha value is -1.10. The Morgan fingerprint density at radius 3 is 2.60 bits per heavy atom. The first-order chi connectivity index (χ1) is 9.54. The standard InChI is InChI=1S/C15H14BrClFNO/c16-11-1-6-15(18)10(7-11)8-13(19)9-20-14-4-2-12(17)3-5-14/h1-7,13H,8-9,19H2. The maximum atomic E-state index is 13.6. The normalized spacial score (nSPS) is 12.2. The fraction of sp³-hybridized carbons (Fsp3) is 0.200. The highest BCUT2D eigenvalue weighted by Crippen LogP contribution is 2.18. The molecule has 5 heteroatoms. The molecule has 0 fully saturated rings. The summed E-state index contributed by atoms with van der Waals surface area (Å²) in [5.41, 5.74) is 6.54. The molecule has 0 spiro atoms. The lowest BCUT2D eigenvalue weighted by molar-refractivity contribution is 0.287. The van der Waals surface area contributed by atoms with Crippen molar-refractivity contribution in [3.05, 3.63) is 63.3 Å². The second-order valence-electron chi connectivity index (χ2n) is 4.46. The molecule has 20 heavy (non-hydrogen) atoms. The minimum absolute atomic E-state index is 0.254. The van der Waals surface area contributed by atoms with Gasteiger partial charge in [-0.15, -0.1) is 0 Å². The lowest BCUT2D eigenvalue weighted by Crippen LogP contribution is -2.30. The highest BCUT2D eigenvalue weighted by atomic mass is 79.9. The van der Waals surface area contributed by atoms with Crippen LogP contribution in [0, 0.1) is 5.82 Å². The van der Waals surface area contributed by atoms with Gasteiger partial charge in [0.05, 0.1) is 0 Å². The fourth-order valence-corrected chi connectivity index (χ4v) is 2.31. The highest BCUT2D eigenvalue weighted by molar-refractivity contribution is 9.10. The Morgan fingerprint density at radius 1 is 1.20 bits per heavy atom. The van der Waals surface area contributed by atoms with Gasteiger partial charge in [0.1, 0.15) is 18.2 Å². The van der Waals surface area contributed by atoms with Crippen molar-refractivity contribution >= 4 is 27.5 Å². The molecule has 0 aliphatic heterocycles. The van der Waals surface area contributed by atoms with Crippen LogP contribution in [-0.2, 0) is 6.42 Å². The van der Waals surface area contributed by atoms with E-state index in [1.807, 2.05) is 0 Å². The van der Waals surface area contributed by atoms with Gasteiger partial charge in [0.25, 0.3) is 0 Å². The molecule has 0 saturated heterocycles. The summed E-state index contributed by atoms with van der Waals surface area (Å²) >= 11 is 9.11. The number of ether oxygens (including phenoxy) is 1. The molecular formula is C15H14BrClFNO. The molecule has 0 heterocycles. The topological polar surface area (TPSA) is 35.2 Å². The number of halogens is 3. The van der Waals surface area contributed by atoms with Gasteiger partial charge in [0.15, 0.2) is 0 Å². The zero-order valence-electron chi connectivity index (χ0n) is 10.7. The first-order valence-electron chi connectivity index (χ1n) is 6.12. The van der Waals surface area contributed by atoms with Crippen LogP contribution in [0.1, 0.15) is 5.56 Å². The second-order valence-corrected chi connectivity index (χ2v) is 5.82.